The van der Waals surface area contributed by atoms with Gasteiger partial charge in [0.2, 0.25) is 5.91 Å². The average molecular weight is 351 g/mol. The van der Waals surface area contributed by atoms with Gasteiger partial charge in [0.1, 0.15) is 6.61 Å². The largest absolute Gasteiger partial charge is 0.447 e. The van der Waals surface area contributed by atoms with E-state index in [0.717, 1.165) is 17.7 Å². The fourth-order valence-corrected chi connectivity index (χ4v) is 2.88. The highest BCUT2D eigenvalue weighted by atomic mass is 32.1. The van der Waals surface area contributed by atoms with Crippen LogP contribution in [0.5, 0.6) is 0 Å². The number of benzene rings is 1. The Morgan fingerprint density at radius 2 is 2.12 bits per heavy atom. The number of nitrogens with zero attached hydrogens (tertiary/aromatic N) is 1. The number of alkyl carbamates (subject to hydrolysis) is 1. The number of rotatable bonds is 4. The van der Waals surface area contributed by atoms with Gasteiger partial charge in [-0.05, 0) is 43.3 Å². The summed E-state index contributed by atoms with van der Waals surface area (Å²) < 4.78 is 9.66. The summed E-state index contributed by atoms with van der Waals surface area (Å²) >= 11 is 5.09. The Kier molecular flexibility index (Phi) is 6.10. The molecule has 2 amide bonds. The van der Waals surface area contributed by atoms with Crippen LogP contribution in [-0.4, -0.2) is 43.5 Å². The van der Waals surface area contributed by atoms with Crippen LogP contribution in [0.1, 0.15) is 19.4 Å². The van der Waals surface area contributed by atoms with Crippen molar-refractivity contribution in [2.75, 3.05) is 30.5 Å². The first kappa shape index (κ1) is 18.2. The molecule has 1 unspecified atom stereocenters. The molecule has 0 radical (unpaired) electrons. The van der Waals surface area contributed by atoms with Crippen molar-refractivity contribution < 1.29 is 19.1 Å². The number of hydrogen-bond acceptors (Lipinski definition) is 5. The molecule has 0 spiro atoms. The van der Waals surface area contributed by atoms with Crippen LogP contribution in [0.4, 0.5) is 16.2 Å². The van der Waals surface area contributed by atoms with Crippen molar-refractivity contribution in [2.45, 2.75) is 26.3 Å². The van der Waals surface area contributed by atoms with Gasteiger partial charge in [-0.2, -0.15) is 0 Å². The highest BCUT2D eigenvalue weighted by molar-refractivity contribution is 7.80. The van der Waals surface area contributed by atoms with Gasteiger partial charge in [0.05, 0.1) is 6.61 Å². The van der Waals surface area contributed by atoms with Gasteiger partial charge in [0, 0.05) is 31.5 Å². The van der Waals surface area contributed by atoms with Crippen molar-refractivity contribution in [1.82, 2.24) is 5.32 Å². The Hall–Kier alpha value is -2.19. The fraction of sp³-hybridized carbons (Fsp3) is 0.438. The molecule has 1 aliphatic heterocycles. The second-order valence-corrected chi connectivity index (χ2v) is 5.90. The summed E-state index contributed by atoms with van der Waals surface area (Å²) in [6, 6.07) is 5.80. The van der Waals surface area contributed by atoms with Crippen LogP contribution >= 0.6 is 12.2 Å². The number of carbonyl (C=O) groups excluding carboxylic acids is 2. The lowest BCUT2D eigenvalue weighted by Gasteiger charge is -2.21. The summed E-state index contributed by atoms with van der Waals surface area (Å²) in [6.07, 6.45) is 0.175. The van der Waals surface area contributed by atoms with Gasteiger partial charge in [-0.3, -0.25) is 10.1 Å². The SMILES string of the molecule is COCCOC(=O)NC(=S)Nc1ccc2c(c1)N(C(C)=O)C(C)C2. The molecule has 0 aliphatic carbocycles. The van der Waals surface area contributed by atoms with E-state index < -0.39 is 6.09 Å². The topological polar surface area (TPSA) is 79.9 Å². The minimum Gasteiger partial charge on any atom is -0.447 e. The zero-order valence-corrected chi connectivity index (χ0v) is 14.7. The lowest BCUT2D eigenvalue weighted by molar-refractivity contribution is -0.116. The molecule has 1 atom stereocenters. The molecule has 1 heterocycles. The van der Waals surface area contributed by atoms with E-state index in [9.17, 15) is 9.59 Å². The van der Waals surface area contributed by atoms with E-state index in [2.05, 4.69) is 10.6 Å². The van der Waals surface area contributed by atoms with Crippen molar-refractivity contribution in [1.29, 1.82) is 0 Å². The number of methoxy groups -OCH3 is 1. The first-order valence-corrected chi connectivity index (χ1v) is 7.99. The molecule has 1 aromatic carbocycles. The number of carbonyl (C=O) groups is 2. The molecular formula is C16H21N3O4S. The summed E-state index contributed by atoms with van der Waals surface area (Å²) in [5.74, 6) is 0.000761. The van der Waals surface area contributed by atoms with Gasteiger partial charge in [-0.15, -0.1) is 0 Å². The lowest BCUT2D eigenvalue weighted by Crippen LogP contribution is -2.35. The Labute approximate surface area is 146 Å². The molecule has 0 aromatic heterocycles. The Balaban J connectivity index is 1.98. The van der Waals surface area contributed by atoms with E-state index in [1.54, 1.807) is 11.8 Å². The third-order valence-corrected chi connectivity index (χ3v) is 3.84. The van der Waals surface area contributed by atoms with Crippen LogP contribution in [0.25, 0.3) is 0 Å². The predicted octanol–water partition coefficient (Wildman–Crippen LogP) is 2.05. The van der Waals surface area contributed by atoms with Crippen LogP contribution in [0.2, 0.25) is 0 Å². The number of thiocarbonyl (C=S) groups is 1. The normalized spacial score (nSPS) is 15.6. The van der Waals surface area contributed by atoms with Crippen molar-refractivity contribution in [3.63, 3.8) is 0 Å². The molecule has 2 N–H and O–H groups in total. The highest BCUT2D eigenvalue weighted by Gasteiger charge is 2.28. The van der Waals surface area contributed by atoms with Crippen molar-refractivity contribution in [3.05, 3.63) is 23.8 Å². The standard InChI is InChI=1S/C16H21N3O4S/c1-10-8-12-4-5-13(9-14(12)19(10)11(2)20)17-15(24)18-16(21)23-7-6-22-3/h4-5,9-10H,6-8H2,1-3H3,(H2,17,18,21,24). The van der Waals surface area contributed by atoms with E-state index in [4.69, 9.17) is 21.7 Å². The maximum atomic E-state index is 11.8. The predicted molar refractivity (Wildman–Crippen MR) is 95.3 cm³/mol. The number of ether oxygens (including phenoxy) is 2. The molecule has 24 heavy (non-hydrogen) atoms. The average Bonchev–Trinajstić information content (AvgIpc) is 2.82. The summed E-state index contributed by atoms with van der Waals surface area (Å²) in [4.78, 5) is 25.1. The molecule has 1 aromatic rings. The van der Waals surface area contributed by atoms with Crippen LogP contribution in [-0.2, 0) is 20.7 Å². The molecule has 130 valence electrons. The van der Waals surface area contributed by atoms with Crippen LogP contribution in [0, 0.1) is 0 Å². The van der Waals surface area contributed by atoms with Crippen molar-refractivity contribution in [2.24, 2.45) is 0 Å². The van der Waals surface area contributed by atoms with E-state index in [0.29, 0.717) is 12.3 Å². The first-order chi connectivity index (χ1) is 11.4. The zero-order chi connectivity index (χ0) is 17.7. The van der Waals surface area contributed by atoms with E-state index in [1.165, 1.54) is 7.11 Å². The van der Waals surface area contributed by atoms with Gasteiger partial charge in [-0.25, -0.2) is 4.79 Å². The lowest BCUT2D eigenvalue weighted by atomic mass is 10.1. The van der Waals surface area contributed by atoms with Gasteiger partial charge in [0.25, 0.3) is 0 Å². The smallest absolute Gasteiger partial charge is 0.413 e. The molecular weight excluding hydrogens is 330 g/mol. The molecule has 8 heteroatoms. The summed E-state index contributed by atoms with van der Waals surface area (Å²) in [5, 5.41) is 5.46. The Morgan fingerprint density at radius 1 is 1.38 bits per heavy atom. The Bertz CT molecular complexity index is 650. The van der Waals surface area contributed by atoms with Gasteiger partial charge in [0.15, 0.2) is 5.11 Å². The molecule has 0 bridgehead atoms. The number of anilines is 2. The summed E-state index contributed by atoms with van der Waals surface area (Å²) in [7, 11) is 1.52. The van der Waals surface area contributed by atoms with Crippen molar-refractivity contribution in [3.8, 4) is 0 Å². The zero-order valence-electron chi connectivity index (χ0n) is 13.9. The number of hydrogen-bond donors (Lipinski definition) is 2. The molecule has 2 rings (SSSR count). The third-order valence-electron chi connectivity index (χ3n) is 3.63. The van der Waals surface area contributed by atoms with Gasteiger partial charge in [-0.1, -0.05) is 6.07 Å². The third kappa shape index (κ3) is 4.42. The second-order valence-electron chi connectivity index (χ2n) is 5.49. The molecule has 0 saturated heterocycles. The first-order valence-electron chi connectivity index (χ1n) is 7.58. The highest BCUT2D eigenvalue weighted by Crippen LogP contribution is 2.34. The van der Waals surface area contributed by atoms with Crippen LogP contribution in [0.3, 0.4) is 0 Å². The van der Waals surface area contributed by atoms with Crippen LogP contribution in [0.15, 0.2) is 18.2 Å². The maximum Gasteiger partial charge on any atom is 0.413 e. The maximum absolute atomic E-state index is 11.8. The monoisotopic (exact) mass is 351 g/mol. The number of nitrogens with one attached hydrogen (secondary N) is 2. The summed E-state index contributed by atoms with van der Waals surface area (Å²) in [6.45, 7) is 4.03. The van der Waals surface area contributed by atoms with Gasteiger partial charge >= 0.3 is 6.09 Å². The Morgan fingerprint density at radius 3 is 2.79 bits per heavy atom. The fourth-order valence-electron chi connectivity index (χ4n) is 2.67. The molecule has 0 fully saturated rings. The molecule has 7 nitrogen and oxygen atoms in total. The molecule has 0 saturated carbocycles. The quantitative estimate of drug-likeness (QED) is 0.638. The minimum atomic E-state index is -0.648. The number of amides is 2. The van der Waals surface area contributed by atoms with Gasteiger partial charge < -0.3 is 19.7 Å². The summed E-state index contributed by atoms with van der Waals surface area (Å²) in [5.41, 5.74) is 2.67. The number of fused-ring (bicyclic) bond motifs is 1. The van der Waals surface area contributed by atoms with E-state index in [1.807, 2.05) is 25.1 Å². The van der Waals surface area contributed by atoms with Crippen molar-refractivity contribution >= 4 is 40.7 Å². The molecule has 1 aliphatic rings. The van der Waals surface area contributed by atoms with E-state index >= 15 is 0 Å². The minimum absolute atomic E-state index is 0.000761. The second kappa shape index (κ2) is 8.07. The van der Waals surface area contributed by atoms with Crippen LogP contribution < -0.4 is 15.5 Å². The van der Waals surface area contributed by atoms with E-state index in [-0.39, 0.29) is 23.7 Å².